The molecule has 0 radical (unpaired) electrons. The summed E-state index contributed by atoms with van der Waals surface area (Å²) in [4.78, 5) is 9.29. The van der Waals surface area contributed by atoms with Gasteiger partial charge in [-0.2, -0.15) is 0 Å². The van der Waals surface area contributed by atoms with Gasteiger partial charge in [-0.15, -0.1) is 0 Å². The zero-order chi connectivity index (χ0) is 20.1. The Morgan fingerprint density at radius 2 is 1.83 bits per heavy atom. The second-order valence-electron chi connectivity index (χ2n) is 7.57. The molecule has 30 heavy (non-hydrogen) atoms. The molecular formula is C25H18N2O3. The molecule has 146 valence electrons. The van der Waals surface area contributed by atoms with Gasteiger partial charge in [-0.3, -0.25) is 0 Å². The molecule has 3 aromatic carbocycles. The van der Waals surface area contributed by atoms with E-state index < -0.39 is 0 Å². The first-order valence-corrected chi connectivity index (χ1v) is 9.94. The molecule has 1 aromatic heterocycles. The highest BCUT2D eigenvalue weighted by molar-refractivity contribution is 5.96. The maximum atomic E-state index is 10.0. The minimum Gasteiger partial charge on any atom is -0.506 e. The number of nitrogens with zero attached hydrogens (tertiary/aromatic N) is 2. The van der Waals surface area contributed by atoms with Gasteiger partial charge < -0.3 is 14.6 Å². The predicted molar refractivity (Wildman–Crippen MR) is 114 cm³/mol. The van der Waals surface area contributed by atoms with Gasteiger partial charge >= 0.3 is 0 Å². The van der Waals surface area contributed by atoms with Gasteiger partial charge in [-0.05, 0) is 41.5 Å². The van der Waals surface area contributed by atoms with E-state index in [0.717, 1.165) is 17.4 Å². The van der Waals surface area contributed by atoms with Crippen LogP contribution in [0.25, 0.3) is 10.9 Å². The summed E-state index contributed by atoms with van der Waals surface area (Å²) in [6, 6.07) is 25.1. The molecular weight excluding hydrogens is 376 g/mol. The molecule has 4 aromatic rings. The van der Waals surface area contributed by atoms with Crippen molar-refractivity contribution in [3.63, 3.8) is 0 Å². The Morgan fingerprint density at radius 1 is 0.933 bits per heavy atom. The summed E-state index contributed by atoms with van der Waals surface area (Å²) in [6.45, 7) is 0. The number of benzene rings is 3. The molecule has 2 aliphatic rings. The van der Waals surface area contributed by atoms with Crippen LogP contribution in [0.2, 0.25) is 0 Å². The number of hydrogen-bond acceptors (Lipinski definition) is 5. The molecule has 2 atom stereocenters. The molecule has 0 unspecified atom stereocenters. The zero-order valence-corrected chi connectivity index (χ0v) is 16.0. The summed E-state index contributed by atoms with van der Waals surface area (Å²) in [5.41, 5.74) is 3.97. The van der Waals surface area contributed by atoms with Crippen molar-refractivity contribution in [3.8, 4) is 17.4 Å². The van der Waals surface area contributed by atoms with Gasteiger partial charge in [-0.25, -0.2) is 9.98 Å². The lowest BCUT2D eigenvalue weighted by molar-refractivity contribution is 0.206. The highest BCUT2D eigenvalue weighted by Crippen LogP contribution is 2.41. The number of aromatic hydroxyl groups is 1. The highest BCUT2D eigenvalue weighted by atomic mass is 16.5. The molecule has 5 heteroatoms. The van der Waals surface area contributed by atoms with E-state index in [1.165, 1.54) is 11.1 Å². The number of hydrogen-bond donors (Lipinski definition) is 1. The van der Waals surface area contributed by atoms with Crippen LogP contribution in [0.1, 0.15) is 22.7 Å². The predicted octanol–water partition coefficient (Wildman–Crippen LogP) is 5.18. The normalized spacial score (nSPS) is 19.1. The molecule has 1 aliphatic carbocycles. The molecule has 5 nitrogen and oxygen atoms in total. The van der Waals surface area contributed by atoms with E-state index in [9.17, 15) is 5.11 Å². The van der Waals surface area contributed by atoms with Gasteiger partial charge in [0.25, 0.3) is 0 Å². The van der Waals surface area contributed by atoms with Crippen LogP contribution >= 0.6 is 0 Å². The van der Waals surface area contributed by atoms with E-state index in [0.29, 0.717) is 23.0 Å². The van der Waals surface area contributed by atoms with Crippen molar-refractivity contribution in [1.82, 2.24) is 4.98 Å². The van der Waals surface area contributed by atoms with Crippen molar-refractivity contribution in [3.05, 3.63) is 95.6 Å². The Kier molecular flexibility index (Phi) is 3.74. The van der Waals surface area contributed by atoms with Crippen molar-refractivity contribution in [2.24, 2.45) is 4.99 Å². The van der Waals surface area contributed by atoms with E-state index in [4.69, 9.17) is 14.5 Å². The van der Waals surface area contributed by atoms with Crippen LogP contribution < -0.4 is 4.74 Å². The van der Waals surface area contributed by atoms with Gasteiger partial charge in [0.15, 0.2) is 0 Å². The number of ether oxygens (including phenoxy) is 2. The highest BCUT2D eigenvalue weighted by Gasteiger charge is 2.39. The Bertz CT molecular complexity index is 1310. The third-order valence-electron chi connectivity index (χ3n) is 5.64. The molecule has 2 heterocycles. The van der Waals surface area contributed by atoms with E-state index in [-0.39, 0.29) is 17.9 Å². The fraction of sp³-hybridized carbons (Fsp3) is 0.120. The maximum Gasteiger partial charge on any atom is 0.219 e. The number of para-hydroxylation sites is 1. The van der Waals surface area contributed by atoms with Gasteiger partial charge in [0.1, 0.15) is 29.2 Å². The fourth-order valence-electron chi connectivity index (χ4n) is 4.22. The quantitative estimate of drug-likeness (QED) is 0.520. The Morgan fingerprint density at radius 3 is 2.80 bits per heavy atom. The lowest BCUT2D eigenvalue weighted by Gasteiger charge is -2.10. The van der Waals surface area contributed by atoms with E-state index in [2.05, 4.69) is 29.2 Å². The van der Waals surface area contributed by atoms with Gasteiger partial charge in [0.2, 0.25) is 11.8 Å². The van der Waals surface area contributed by atoms with Crippen molar-refractivity contribution in [1.29, 1.82) is 0 Å². The van der Waals surface area contributed by atoms with E-state index in [1.807, 2.05) is 36.4 Å². The molecule has 0 fully saturated rings. The van der Waals surface area contributed by atoms with Crippen LogP contribution in [-0.2, 0) is 11.2 Å². The number of aromatic nitrogens is 1. The average Bonchev–Trinajstić information content (AvgIpc) is 3.33. The van der Waals surface area contributed by atoms with E-state index >= 15 is 0 Å². The van der Waals surface area contributed by atoms with Gasteiger partial charge in [0, 0.05) is 23.4 Å². The van der Waals surface area contributed by atoms with Gasteiger partial charge in [-0.1, -0.05) is 42.5 Å². The standard InChI is InChI=1S/C25H18N2O3/c28-20-10-4-6-15-11-12-22(26-23(15)20)29-18-8-3-7-17(13-18)25-27-24-19-9-2-1-5-16(19)14-21(24)30-25/h1-13,21,24,28H,14H2/t21-,24+/m1/s1. The number of rotatable bonds is 3. The molecule has 0 saturated heterocycles. The first-order chi connectivity index (χ1) is 14.7. The first kappa shape index (κ1) is 17.0. The Balaban J connectivity index is 1.29. The molecule has 1 N–H and O–H groups in total. The fourth-order valence-corrected chi connectivity index (χ4v) is 4.22. The van der Waals surface area contributed by atoms with Crippen LogP contribution in [0.3, 0.4) is 0 Å². The lowest BCUT2D eigenvalue weighted by Crippen LogP contribution is -2.13. The second kappa shape index (κ2) is 6.59. The molecule has 6 rings (SSSR count). The summed E-state index contributed by atoms with van der Waals surface area (Å²) >= 11 is 0. The summed E-state index contributed by atoms with van der Waals surface area (Å²) in [7, 11) is 0. The van der Waals surface area contributed by atoms with Crippen LogP contribution in [0.5, 0.6) is 17.4 Å². The van der Waals surface area contributed by atoms with E-state index in [1.54, 1.807) is 18.2 Å². The molecule has 1 aliphatic heterocycles. The van der Waals surface area contributed by atoms with Crippen molar-refractivity contribution >= 4 is 16.8 Å². The molecule has 0 bridgehead atoms. The third-order valence-corrected chi connectivity index (χ3v) is 5.64. The SMILES string of the molecule is Oc1cccc2ccc(Oc3cccc(C4=N[C@H]5c6ccccc6C[C@H]5O4)c3)nc12. The monoisotopic (exact) mass is 394 g/mol. The smallest absolute Gasteiger partial charge is 0.219 e. The lowest BCUT2D eigenvalue weighted by atomic mass is 10.1. The summed E-state index contributed by atoms with van der Waals surface area (Å²) in [5.74, 6) is 1.83. The maximum absolute atomic E-state index is 10.0. The second-order valence-corrected chi connectivity index (χ2v) is 7.57. The number of phenols is 1. The minimum absolute atomic E-state index is 0.0610. The summed E-state index contributed by atoms with van der Waals surface area (Å²) in [6.07, 6.45) is 0.946. The topological polar surface area (TPSA) is 63.9 Å². The summed E-state index contributed by atoms with van der Waals surface area (Å²) in [5, 5.41) is 10.9. The molecule has 0 amide bonds. The molecule has 0 saturated carbocycles. The largest absolute Gasteiger partial charge is 0.506 e. The minimum atomic E-state index is 0.0610. The number of fused-ring (bicyclic) bond motifs is 4. The van der Waals surface area contributed by atoms with Crippen LogP contribution in [-0.4, -0.2) is 22.1 Å². The zero-order valence-electron chi connectivity index (χ0n) is 16.0. The Labute approximate surface area is 173 Å². The number of aliphatic imine (C=N–C) groups is 1. The van der Waals surface area contributed by atoms with Gasteiger partial charge in [0.05, 0.1) is 0 Å². The third kappa shape index (κ3) is 2.78. The average molecular weight is 394 g/mol. The summed E-state index contributed by atoms with van der Waals surface area (Å²) < 4.78 is 12.1. The van der Waals surface area contributed by atoms with Crippen LogP contribution in [0, 0.1) is 0 Å². The van der Waals surface area contributed by atoms with Crippen LogP contribution in [0.4, 0.5) is 0 Å². The van der Waals surface area contributed by atoms with Crippen molar-refractivity contribution in [2.45, 2.75) is 18.6 Å². The first-order valence-electron chi connectivity index (χ1n) is 9.94. The number of phenolic OH excluding ortho intramolecular Hbond substituents is 1. The molecule has 0 spiro atoms. The van der Waals surface area contributed by atoms with Crippen LogP contribution in [0.15, 0.2) is 83.9 Å². The Hall–Kier alpha value is -3.86. The van der Waals surface area contributed by atoms with Crippen molar-refractivity contribution in [2.75, 3.05) is 0 Å². The van der Waals surface area contributed by atoms with Crippen molar-refractivity contribution < 1.29 is 14.6 Å². The number of pyridine rings is 1.